The van der Waals surface area contributed by atoms with Crippen LogP contribution in [0.1, 0.15) is 50.6 Å². The monoisotopic (exact) mass is 400 g/mol. The van der Waals surface area contributed by atoms with Crippen molar-refractivity contribution in [2.45, 2.75) is 60.9 Å². The zero-order valence-electron chi connectivity index (χ0n) is 15.6. The lowest BCUT2D eigenvalue weighted by atomic mass is 10.0. The van der Waals surface area contributed by atoms with Crippen LogP contribution < -0.4 is 5.32 Å². The molecule has 2 heterocycles. The first-order valence-electron chi connectivity index (χ1n) is 9.71. The fourth-order valence-electron chi connectivity index (χ4n) is 4.37. The van der Waals surface area contributed by atoms with Crippen molar-refractivity contribution in [2.75, 3.05) is 11.9 Å². The van der Waals surface area contributed by atoms with E-state index in [1.165, 1.54) is 56.0 Å². The number of amides is 1. The molecule has 3 nitrogen and oxygen atoms in total. The molecular formula is C22H25ClN2OS. The van der Waals surface area contributed by atoms with E-state index in [0.717, 1.165) is 16.6 Å². The summed E-state index contributed by atoms with van der Waals surface area (Å²) in [5.74, 6) is -0.0927. The molecule has 2 fully saturated rings. The SMILES string of the molecule is CC(=O)Nc1ccc(Sc2ccc(C3CCC4CCCCN43)cc2)c(Cl)c1. The molecule has 0 aromatic heterocycles. The molecule has 0 bridgehead atoms. The zero-order chi connectivity index (χ0) is 18.8. The maximum absolute atomic E-state index is 11.2. The lowest BCUT2D eigenvalue weighted by Gasteiger charge is -2.34. The molecule has 0 spiro atoms. The minimum atomic E-state index is -0.0927. The van der Waals surface area contributed by atoms with Crippen molar-refractivity contribution >= 4 is 35.0 Å². The highest BCUT2D eigenvalue weighted by Crippen LogP contribution is 2.41. The first-order chi connectivity index (χ1) is 13.1. The molecule has 2 atom stereocenters. The molecule has 2 aliphatic rings. The Balaban J connectivity index is 1.44. The largest absolute Gasteiger partial charge is 0.326 e. The topological polar surface area (TPSA) is 32.3 Å². The van der Waals surface area contributed by atoms with E-state index in [0.29, 0.717) is 11.1 Å². The number of carbonyl (C=O) groups excluding carboxylic acids is 1. The molecule has 0 aliphatic carbocycles. The number of anilines is 1. The summed E-state index contributed by atoms with van der Waals surface area (Å²) in [6.07, 6.45) is 6.74. The Morgan fingerprint density at radius 3 is 2.67 bits per heavy atom. The fraction of sp³-hybridized carbons (Fsp3) is 0.409. The molecule has 5 heteroatoms. The highest BCUT2D eigenvalue weighted by molar-refractivity contribution is 7.99. The Labute approximate surface area is 170 Å². The van der Waals surface area contributed by atoms with Crippen molar-refractivity contribution in [3.8, 4) is 0 Å². The first kappa shape index (κ1) is 18.9. The minimum Gasteiger partial charge on any atom is -0.326 e. The maximum atomic E-state index is 11.2. The van der Waals surface area contributed by atoms with Crippen molar-refractivity contribution in [1.29, 1.82) is 0 Å². The van der Waals surface area contributed by atoms with Gasteiger partial charge in [-0.05, 0) is 68.1 Å². The molecule has 2 unspecified atom stereocenters. The smallest absolute Gasteiger partial charge is 0.221 e. The van der Waals surface area contributed by atoms with Gasteiger partial charge in [0, 0.05) is 34.5 Å². The summed E-state index contributed by atoms with van der Waals surface area (Å²) >= 11 is 8.05. The van der Waals surface area contributed by atoms with Gasteiger partial charge in [0.25, 0.3) is 0 Å². The second kappa shape index (κ2) is 8.26. The number of nitrogens with zero attached hydrogens (tertiary/aromatic N) is 1. The van der Waals surface area contributed by atoms with Crippen molar-refractivity contribution in [1.82, 2.24) is 4.90 Å². The van der Waals surface area contributed by atoms with E-state index in [4.69, 9.17) is 11.6 Å². The van der Waals surface area contributed by atoms with Crippen LogP contribution in [0.2, 0.25) is 5.02 Å². The van der Waals surface area contributed by atoms with E-state index in [1.807, 2.05) is 12.1 Å². The van der Waals surface area contributed by atoms with E-state index in [-0.39, 0.29) is 5.91 Å². The Hall–Kier alpha value is -1.49. The van der Waals surface area contributed by atoms with Crippen LogP contribution in [0.3, 0.4) is 0 Å². The number of hydrogen-bond acceptors (Lipinski definition) is 3. The molecule has 2 saturated heterocycles. The molecule has 2 aromatic carbocycles. The highest BCUT2D eigenvalue weighted by atomic mass is 35.5. The van der Waals surface area contributed by atoms with Gasteiger partial charge < -0.3 is 5.32 Å². The Morgan fingerprint density at radius 2 is 1.93 bits per heavy atom. The fourth-order valence-corrected chi connectivity index (χ4v) is 5.48. The summed E-state index contributed by atoms with van der Waals surface area (Å²) in [5.41, 5.74) is 2.17. The van der Waals surface area contributed by atoms with Crippen LogP contribution in [-0.2, 0) is 4.79 Å². The number of halogens is 1. The number of fused-ring (bicyclic) bond motifs is 1. The predicted molar refractivity (Wildman–Crippen MR) is 113 cm³/mol. The quantitative estimate of drug-likeness (QED) is 0.669. The van der Waals surface area contributed by atoms with Crippen molar-refractivity contribution in [3.63, 3.8) is 0 Å². The summed E-state index contributed by atoms with van der Waals surface area (Å²) in [6.45, 7) is 2.75. The van der Waals surface area contributed by atoms with Crippen LogP contribution >= 0.6 is 23.4 Å². The van der Waals surface area contributed by atoms with Crippen LogP contribution in [0.25, 0.3) is 0 Å². The molecule has 4 rings (SSSR count). The normalized spacial score (nSPS) is 22.4. The molecule has 1 N–H and O–H groups in total. The number of hydrogen-bond donors (Lipinski definition) is 1. The van der Waals surface area contributed by atoms with Gasteiger partial charge in [0.1, 0.15) is 0 Å². The molecule has 0 saturated carbocycles. The van der Waals surface area contributed by atoms with Gasteiger partial charge in [-0.25, -0.2) is 0 Å². The molecule has 27 heavy (non-hydrogen) atoms. The van der Waals surface area contributed by atoms with Crippen molar-refractivity contribution < 1.29 is 4.79 Å². The Kier molecular flexibility index (Phi) is 5.76. The number of benzene rings is 2. The van der Waals surface area contributed by atoms with E-state index >= 15 is 0 Å². The standard InChI is InChI=1S/C22H25ClN2OS/c1-15(26)24-17-7-12-22(20(23)14-17)27-19-9-5-16(6-10-19)21-11-8-18-4-2-3-13-25(18)21/h5-7,9-10,12,14,18,21H,2-4,8,11,13H2,1H3,(H,24,26). The van der Waals surface area contributed by atoms with Crippen molar-refractivity contribution in [2.24, 2.45) is 0 Å². The van der Waals surface area contributed by atoms with Gasteiger partial charge in [-0.15, -0.1) is 0 Å². The van der Waals surface area contributed by atoms with Crippen LogP contribution in [-0.4, -0.2) is 23.4 Å². The molecule has 142 valence electrons. The molecule has 0 radical (unpaired) electrons. The third-order valence-corrected chi connectivity index (χ3v) is 7.10. The number of nitrogens with one attached hydrogen (secondary N) is 1. The first-order valence-corrected chi connectivity index (χ1v) is 10.9. The second-order valence-corrected chi connectivity index (χ2v) is 9.00. The van der Waals surface area contributed by atoms with Gasteiger partial charge in [-0.1, -0.05) is 41.9 Å². The third-order valence-electron chi connectivity index (χ3n) is 5.59. The van der Waals surface area contributed by atoms with Gasteiger partial charge in [-0.2, -0.15) is 0 Å². The predicted octanol–water partition coefficient (Wildman–Crippen LogP) is 6.14. The lowest BCUT2D eigenvalue weighted by Crippen LogP contribution is -2.35. The number of rotatable bonds is 4. The van der Waals surface area contributed by atoms with Crippen LogP contribution in [0.4, 0.5) is 5.69 Å². The Morgan fingerprint density at radius 1 is 1.11 bits per heavy atom. The van der Waals surface area contributed by atoms with E-state index < -0.39 is 0 Å². The number of piperidine rings is 1. The van der Waals surface area contributed by atoms with Gasteiger partial charge in [0.2, 0.25) is 5.91 Å². The molecule has 2 aliphatic heterocycles. The highest BCUT2D eigenvalue weighted by Gasteiger charge is 2.35. The molecule has 2 aromatic rings. The van der Waals surface area contributed by atoms with Crippen LogP contribution in [0, 0.1) is 0 Å². The summed E-state index contributed by atoms with van der Waals surface area (Å²) in [5, 5.41) is 3.42. The third kappa shape index (κ3) is 4.34. The van der Waals surface area contributed by atoms with Crippen molar-refractivity contribution in [3.05, 3.63) is 53.1 Å². The average Bonchev–Trinajstić information content (AvgIpc) is 3.08. The van der Waals surface area contributed by atoms with Gasteiger partial charge in [0.05, 0.1) is 5.02 Å². The zero-order valence-corrected chi connectivity index (χ0v) is 17.2. The summed E-state index contributed by atoms with van der Waals surface area (Å²) in [7, 11) is 0. The Bertz CT molecular complexity index is 824. The van der Waals surface area contributed by atoms with Gasteiger partial charge >= 0.3 is 0 Å². The van der Waals surface area contributed by atoms with Crippen LogP contribution in [0.5, 0.6) is 0 Å². The maximum Gasteiger partial charge on any atom is 0.221 e. The lowest BCUT2D eigenvalue weighted by molar-refractivity contribution is -0.114. The average molecular weight is 401 g/mol. The van der Waals surface area contributed by atoms with E-state index in [9.17, 15) is 4.79 Å². The van der Waals surface area contributed by atoms with Crippen LogP contribution in [0.15, 0.2) is 52.3 Å². The van der Waals surface area contributed by atoms with E-state index in [2.05, 4.69) is 34.5 Å². The molecular weight excluding hydrogens is 376 g/mol. The van der Waals surface area contributed by atoms with Gasteiger partial charge in [-0.3, -0.25) is 9.69 Å². The van der Waals surface area contributed by atoms with E-state index in [1.54, 1.807) is 17.8 Å². The van der Waals surface area contributed by atoms with Gasteiger partial charge in [0.15, 0.2) is 0 Å². The number of carbonyl (C=O) groups is 1. The summed E-state index contributed by atoms with van der Waals surface area (Å²) < 4.78 is 0. The summed E-state index contributed by atoms with van der Waals surface area (Å²) in [6, 6.07) is 16.0. The summed E-state index contributed by atoms with van der Waals surface area (Å²) in [4.78, 5) is 16.1. The minimum absolute atomic E-state index is 0.0927. The second-order valence-electron chi connectivity index (χ2n) is 7.48. The molecule has 1 amide bonds.